The van der Waals surface area contributed by atoms with Crippen molar-refractivity contribution in [2.45, 2.75) is 32.1 Å². The lowest BCUT2D eigenvalue weighted by Gasteiger charge is -2.38. The van der Waals surface area contributed by atoms with Crippen LogP contribution in [0.15, 0.2) is 17.5 Å². The first kappa shape index (κ1) is 13.6. The number of carbonyl (C=O) groups is 2. The summed E-state index contributed by atoms with van der Waals surface area (Å²) in [5, 5.41) is 4.98. The van der Waals surface area contributed by atoms with Gasteiger partial charge in [-0.1, -0.05) is 6.07 Å². The van der Waals surface area contributed by atoms with Crippen LogP contribution in [0.4, 0.5) is 0 Å². The summed E-state index contributed by atoms with van der Waals surface area (Å²) in [6.07, 6.45) is 4.00. The van der Waals surface area contributed by atoms with Gasteiger partial charge in [0, 0.05) is 37.4 Å². The Morgan fingerprint density at radius 3 is 2.80 bits per heavy atom. The molecule has 0 radical (unpaired) electrons. The van der Waals surface area contributed by atoms with E-state index in [0.29, 0.717) is 12.8 Å². The molecule has 3 rings (SSSR count). The molecule has 20 heavy (non-hydrogen) atoms. The Morgan fingerprint density at radius 2 is 2.20 bits per heavy atom. The van der Waals surface area contributed by atoms with Crippen molar-refractivity contribution < 1.29 is 9.59 Å². The number of rotatable bonds is 3. The number of thiophene rings is 1. The zero-order valence-corrected chi connectivity index (χ0v) is 12.4. The molecule has 1 aromatic heterocycles. The van der Waals surface area contributed by atoms with Crippen LogP contribution in [-0.2, 0) is 16.0 Å². The smallest absolute Gasteiger partial charge is 0.222 e. The highest BCUT2D eigenvalue weighted by Gasteiger charge is 2.41. The Balaban J connectivity index is 1.48. The summed E-state index contributed by atoms with van der Waals surface area (Å²) in [4.78, 5) is 26.8. The second-order valence-electron chi connectivity index (χ2n) is 5.91. The number of hydrogen-bond donors (Lipinski definition) is 1. The minimum Gasteiger partial charge on any atom is -0.356 e. The van der Waals surface area contributed by atoms with Gasteiger partial charge in [-0.15, -0.1) is 11.3 Å². The molecule has 1 aromatic rings. The SMILES string of the molecule is O=C1CC2(CCN(C(=O)CCc3cccs3)CC2)CN1. The fourth-order valence-electron chi connectivity index (χ4n) is 3.18. The van der Waals surface area contributed by atoms with Crippen LogP contribution in [0.5, 0.6) is 0 Å². The van der Waals surface area contributed by atoms with Crippen molar-refractivity contribution in [3.8, 4) is 0 Å². The predicted octanol–water partition coefficient (Wildman–Crippen LogP) is 1.81. The molecule has 5 heteroatoms. The van der Waals surface area contributed by atoms with Crippen molar-refractivity contribution in [3.05, 3.63) is 22.4 Å². The first-order chi connectivity index (χ1) is 9.67. The fraction of sp³-hybridized carbons (Fsp3) is 0.600. The molecule has 2 aliphatic heterocycles. The first-order valence-corrected chi connectivity index (χ1v) is 8.12. The first-order valence-electron chi connectivity index (χ1n) is 7.24. The van der Waals surface area contributed by atoms with Gasteiger partial charge in [-0.2, -0.15) is 0 Å². The average molecular weight is 292 g/mol. The van der Waals surface area contributed by atoms with E-state index in [0.717, 1.165) is 38.9 Å². The summed E-state index contributed by atoms with van der Waals surface area (Å²) in [5.74, 6) is 0.424. The Bertz CT molecular complexity index is 490. The molecule has 2 aliphatic rings. The van der Waals surface area contributed by atoms with Crippen LogP contribution < -0.4 is 5.32 Å². The fourth-order valence-corrected chi connectivity index (χ4v) is 3.89. The van der Waals surface area contributed by atoms with E-state index in [2.05, 4.69) is 16.8 Å². The maximum atomic E-state index is 12.2. The Morgan fingerprint density at radius 1 is 1.40 bits per heavy atom. The van der Waals surface area contributed by atoms with Crippen LogP contribution in [0.2, 0.25) is 0 Å². The van der Waals surface area contributed by atoms with Gasteiger partial charge in [0.15, 0.2) is 0 Å². The van der Waals surface area contributed by atoms with E-state index in [1.807, 2.05) is 11.0 Å². The third kappa shape index (κ3) is 2.87. The van der Waals surface area contributed by atoms with Gasteiger partial charge >= 0.3 is 0 Å². The molecule has 0 unspecified atom stereocenters. The number of hydrogen-bond acceptors (Lipinski definition) is 3. The largest absolute Gasteiger partial charge is 0.356 e. The lowest BCUT2D eigenvalue weighted by molar-refractivity contribution is -0.133. The second-order valence-corrected chi connectivity index (χ2v) is 6.95. The standard InChI is InChI=1S/C15H20N2O2S/c18-13-10-15(11-16-13)5-7-17(8-6-15)14(19)4-3-12-2-1-9-20-12/h1-2,9H,3-8,10-11H2,(H,16,18). The molecular weight excluding hydrogens is 272 g/mol. The van der Waals surface area contributed by atoms with Crippen LogP contribution in [0.1, 0.15) is 30.6 Å². The molecule has 1 N–H and O–H groups in total. The minimum atomic E-state index is 0.127. The summed E-state index contributed by atoms with van der Waals surface area (Å²) < 4.78 is 0. The third-order valence-corrected chi connectivity index (χ3v) is 5.47. The van der Waals surface area contributed by atoms with Crippen molar-refractivity contribution in [2.24, 2.45) is 5.41 Å². The van der Waals surface area contributed by atoms with E-state index in [1.165, 1.54) is 4.88 Å². The number of nitrogens with zero attached hydrogens (tertiary/aromatic N) is 1. The molecule has 3 heterocycles. The third-order valence-electron chi connectivity index (χ3n) is 4.54. The summed E-state index contributed by atoms with van der Waals surface area (Å²) in [6, 6.07) is 4.11. The van der Waals surface area contributed by atoms with Crippen molar-refractivity contribution in [1.82, 2.24) is 10.2 Å². The quantitative estimate of drug-likeness (QED) is 0.923. The Labute approximate surface area is 123 Å². The number of aryl methyl sites for hydroxylation is 1. The van der Waals surface area contributed by atoms with Gasteiger partial charge in [-0.25, -0.2) is 0 Å². The van der Waals surface area contributed by atoms with Crippen LogP contribution in [0, 0.1) is 5.41 Å². The normalized spacial score (nSPS) is 21.2. The van der Waals surface area contributed by atoms with Gasteiger partial charge < -0.3 is 10.2 Å². The average Bonchev–Trinajstić information content (AvgIpc) is 3.08. The predicted molar refractivity (Wildman–Crippen MR) is 78.5 cm³/mol. The molecule has 0 aliphatic carbocycles. The Kier molecular flexibility index (Phi) is 3.78. The van der Waals surface area contributed by atoms with Gasteiger partial charge in [0.25, 0.3) is 0 Å². The minimum absolute atomic E-state index is 0.127. The molecule has 4 nitrogen and oxygen atoms in total. The molecule has 108 valence electrons. The topological polar surface area (TPSA) is 49.4 Å². The van der Waals surface area contributed by atoms with Gasteiger partial charge in [0.2, 0.25) is 11.8 Å². The summed E-state index contributed by atoms with van der Waals surface area (Å²) in [6.45, 7) is 2.40. The van der Waals surface area contributed by atoms with E-state index in [-0.39, 0.29) is 17.2 Å². The zero-order chi connectivity index (χ0) is 14.0. The Hall–Kier alpha value is -1.36. The van der Waals surface area contributed by atoms with Crippen molar-refractivity contribution in [2.75, 3.05) is 19.6 Å². The maximum absolute atomic E-state index is 12.2. The van der Waals surface area contributed by atoms with E-state index in [9.17, 15) is 9.59 Å². The summed E-state index contributed by atoms with van der Waals surface area (Å²) >= 11 is 1.71. The van der Waals surface area contributed by atoms with Crippen LogP contribution in [0.3, 0.4) is 0 Å². The second kappa shape index (κ2) is 5.56. The van der Waals surface area contributed by atoms with Gasteiger partial charge in [0.05, 0.1) is 0 Å². The lowest BCUT2D eigenvalue weighted by Crippen LogP contribution is -2.44. The highest BCUT2D eigenvalue weighted by molar-refractivity contribution is 7.09. The number of carbonyl (C=O) groups excluding carboxylic acids is 2. The molecule has 1 spiro atoms. The number of amides is 2. The van der Waals surface area contributed by atoms with E-state index in [1.54, 1.807) is 11.3 Å². The molecule has 2 saturated heterocycles. The van der Waals surface area contributed by atoms with E-state index < -0.39 is 0 Å². The number of likely N-dealkylation sites (tertiary alicyclic amines) is 1. The van der Waals surface area contributed by atoms with Crippen LogP contribution in [0.25, 0.3) is 0 Å². The lowest BCUT2D eigenvalue weighted by atomic mass is 9.77. The van der Waals surface area contributed by atoms with Crippen molar-refractivity contribution in [1.29, 1.82) is 0 Å². The van der Waals surface area contributed by atoms with Gasteiger partial charge in [-0.05, 0) is 36.1 Å². The van der Waals surface area contributed by atoms with Crippen LogP contribution >= 0.6 is 11.3 Å². The maximum Gasteiger partial charge on any atom is 0.222 e. The van der Waals surface area contributed by atoms with Crippen molar-refractivity contribution >= 4 is 23.2 Å². The van der Waals surface area contributed by atoms with Gasteiger partial charge in [-0.3, -0.25) is 9.59 Å². The summed E-state index contributed by atoms with van der Waals surface area (Å²) in [5.41, 5.74) is 0.127. The highest BCUT2D eigenvalue weighted by atomic mass is 32.1. The molecule has 2 amide bonds. The summed E-state index contributed by atoms with van der Waals surface area (Å²) in [7, 11) is 0. The molecule has 0 atom stereocenters. The number of nitrogens with one attached hydrogen (secondary N) is 1. The molecule has 0 saturated carbocycles. The van der Waals surface area contributed by atoms with Gasteiger partial charge in [0.1, 0.15) is 0 Å². The van der Waals surface area contributed by atoms with Crippen molar-refractivity contribution in [3.63, 3.8) is 0 Å². The zero-order valence-electron chi connectivity index (χ0n) is 11.6. The van der Waals surface area contributed by atoms with E-state index in [4.69, 9.17) is 0 Å². The number of piperidine rings is 1. The van der Waals surface area contributed by atoms with E-state index >= 15 is 0 Å². The molecule has 0 aromatic carbocycles. The molecule has 0 bridgehead atoms. The molecular formula is C15H20N2O2S. The van der Waals surface area contributed by atoms with Crippen LogP contribution in [-0.4, -0.2) is 36.3 Å². The monoisotopic (exact) mass is 292 g/mol. The molecule has 2 fully saturated rings. The highest BCUT2D eigenvalue weighted by Crippen LogP contribution is 2.37.